The molecule has 6 heteroatoms. The van der Waals surface area contributed by atoms with Crippen LogP contribution in [0, 0.1) is 11.3 Å². The molecule has 3 aliphatic rings. The van der Waals surface area contributed by atoms with Crippen molar-refractivity contribution in [1.82, 2.24) is 19.6 Å². The van der Waals surface area contributed by atoms with Crippen LogP contribution in [0.1, 0.15) is 38.5 Å². The van der Waals surface area contributed by atoms with E-state index in [2.05, 4.69) is 10.00 Å². The molecule has 2 amide bonds. The van der Waals surface area contributed by atoms with Crippen LogP contribution in [0.2, 0.25) is 0 Å². The third-order valence-corrected chi connectivity index (χ3v) is 6.09. The first kappa shape index (κ1) is 15.7. The number of hydrogen-bond acceptors (Lipinski definition) is 3. The van der Waals surface area contributed by atoms with E-state index in [0.29, 0.717) is 24.9 Å². The Labute approximate surface area is 142 Å². The number of rotatable bonds is 4. The van der Waals surface area contributed by atoms with Crippen LogP contribution < -0.4 is 0 Å². The van der Waals surface area contributed by atoms with Gasteiger partial charge < -0.3 is 9.80 Å². The molecule has 0 N–H and O–H groups in total. The summed E-state index contributed by atoms with van der Waals surface area (Å²) in [5.41, 5.74) is -0.318. The number of piperidine rings is 1. The van der Waals surface area contributed by atoms with E-state index < -0.39 is 0 Å². The van der Waals surface area contributed by atoms with Gasteiger partial charge >= 0.3 is 0 Å². The highest BCUT2D eigenvalue weighted by Gasteiger charge is 2.49. The van der Waals surface area contributed by atoms with E-state index in [1.165, 1.54) is 19.3 Å². The Morgan fingerprint density at radius 3 is 2.83 bits per heavy atom. The molecule has 1 atom stereocenters. The molecule has 6 nitrogen and oxygen atoms in total. The fourth-order valence-corrected chi connectivity index (χ4v) is 4.41. The van der Waals surface area contributed by atoms with Gasteiger partial charge in [-0.1, -0.05) is 6.42 Å². The van der Waals surface area contributed by atoms with Crippen LogP contribution in [0.25, 0.3) is 0 Å². The molecule has 2 aliphatic heterocycles. The van der Waals surface area contributed by atoms with Gasteiger partial charge in [0.2, 0.25) is 11.8 Å². The molecular formula is C18H26N4O2. The van der Waals surface area contributed by atoms with E-state index in [1.807, 2.05) is 11.0 Å². The third kappa shape index (κ3) is 2.82. The number of carbonyl (C=O) groups excluding carboxylic acids is 2. The Kier molecular flexibility index (Phi) is 4.06. The standard InChI is InChI=1S/C18H26N4O2/c23-16(13-22-10-3-8-19-22)21-11-7-18(14-21)6-2-9-20(17(18)24)12-15-4-1-5-15/h3,8,10,15H,1-2,4-7,9,11-14H2/t18-/m1/s1. The van der Waals surface area contributed by atoms with Gasteiger partial charge in [-0.15, -0.1) is 0 Å². The molecule has 130 valence electrons. The van der Waals surface area contributed by atoms with Crippen LogP contribution >= 0.6 is 0 Å². The number of aromatic nitrogens is 2. The van der Waals surface area contributed by atoms with Gasteiger partial charge in [-0.2, -0.15) is 5.10 Å². The minimum atomic E-state index is -0.318. The summed E-state index contributed by atoms with van der Waals surface area (Å²) in [4.78, 5) is 29.5. The Hall–Kier alpha value is -1.85. The van der Waals surface area contributed by atoms with Crippen molar-refractivity contribution in [2.45, 2.75) is 45.1 Å². The summed E-state index contributed by atoms with van der Waals surface area (Å²) in [6.45, 7) is 3.39. The number of hydrogen-bond donors (Lipinski definition) is 0. The van der Waals surface area contributed by atoms with Crippen molar-refractivity contribution in [2.75, 3.05) is 26.2 Å². The lowest BCUT2D eigenvalue weighted by Gasteiger charge is -2.42. The van der Waals surface area contributed by atoms with E-state index in [-0.39, 0.29) is 17.9 Å². The number of amides is 2. The monoisotopic (exact) mass is 330 g/mol. The lowest BCUT2D eigenvalue weighted by molar-refractivity contribution is -0.147. The van der Waals surface area contributed by atoms with E-state index >= 15 is 0 Å². The third-order valence-electron chi connectivity index (χ3n) is 6.09. The molecule has 3 fully saturated rings. The summed E-state index contributed by atoms with van der Waals surface area (Å²) in [5, 5.41) is 4.10. The van der Waals surface area contributed by atoms with Crippen molar-refractivity contribution in [1.29, 1.82) is 0 Å². The fourth-order valence-electron chi connectivity index (χ4n) is 4.41. The topological polar surface area (TPSA) is 58.4 Å². The van der Waals surface area contributed by atoms with Gasteiger partial charge in [0.25, 0.3) is 0 Å². The smallest absolute Gasteiger partial charge is 0.244 e. The van der Waals surface area contributed by atoms with Gasteiger partial charge in [-0.05, 0) is 44.1 Å². The highest BCUT2D eigenvalue weighted by Crippen LogP contribution is 2.41. The SMILES string of the molecule is O=C(Cn1cccn1)N1CC[C@]2(CCCN(CC3CCC3)C2=O)C1. The van der Waals surface area contributed by atoms with E-state index in [4.69, 9.17) is 0 Å². The summed E-state index contributed by atoms with van der Waals surface area (Å²) in [7, 11) is 0. The molecule has 1 saturated carbocycles. The van der Waals surface area contributed by atoms with E-state index in [1.54, 1.807) is 17.1 Å². The van der Waals surface area contributed by atoms with Gasteiger partial charge in [-0.3, -0.25) is 14.3 Å². The molecule has 2 saturated heterocycles. The number of carbonyl (C=O) groups is 2. The maximum Gasteiger partial charge on any atom is 0.244 e. The van der Waals surface area contributed by atoms with Crippen LogP contribution in [0.3, 0.4) is 0 Å². The van der Waals surface area contributed by atoms with Crippen LogP contribution in [-0.2, 0) is 16.1 Å². The van der Waals surface area contributed by atoms with Gasteiger partial charge in [0.05, 0.1) is 5.41 Å². The van der Waals surface area contributed by atoms with Crippen molar-refractivity contribution in [3.05, 3.63) is 18.5 Å². The van der Waals surface area contributed by atoms with Gasteiger partial charge in [-0.25, -0.2) is 0 Å². The lowest BCUT2D eigenvalue weighted by atomic mass is 9.77. The molecule has 0 unspecified atom stereocenters. The fraction of sp³-hybridized carbons (Fsp3) is 0.722. The maximum absolute atomic E-state index is 13.1. The second kappa shape index (κ2) is 6.22. The molecule has 1 aliphatic carbocycles. The van der Waals surface area contributed by atoms with Crippen LogP contribution in [0.4, 0.5) is 0 Å². The van der Waals surface area contributed by atoms with Crippen LogP contribution in [0.15, 0.2) is 18.5 Å². The Morgan fingerprint density at radius 2 is 2.12 bits per heavy atom. The molecule has 0 aromatic carbocycles. The average molecular weight is 330 g/mol. The molecular weight excluding hydrogens is 304 g/mol. The minimum absolute atomic E-state index is 0.0690. The second-order valence-electron chi connectivity index (χ2n) is 7.70. The Morgan fingerprint density at radius 1 is 1.25 bits per heavy atom. The summed E-state index contributed by atoms with van der Waals surface area (Å²) >= 11 is 0. The average Bonchev–Trinajstić information content (AvgIpc) is 3.18. The minimum Gasteiger partial charge on any atom is -0.342 e. The van der Waals surface area contributed by atoms with Crippen molar-refractivity contribution in [2.24, 2.45) is 11.3 Å². The van der Waals surface area contributed by atoms with E-state index in [0.717, 1.165) is 32.4 Å². The first-order chi connectivity index (χ1) is 11.7. The quantitative estimate of drug-likeness (QED) is 0.841. The molecule has 24 heavy (non-hydrogen) atoms. The zero-order chi connectivity index (χ0) is 16.6. The highest BCUT2D eigenvalue weighted by molar-refractivity contribution is 5.86. The second-order valence-corrected chi connectivity index (χ2v) is 7.70. The van der Waals surface area contributed by atoms with Crippen LogP contribution in [-0.4, -0.2) is 57.6 Å². The van der Waals surface area contributed by atoms with E-state index in [9.17, 15) is 9.59 Å². The summed E-state index contributed by atoms with van der Waals surface area (Å²) < 4.78 is 1.65. The molecule has 1 spiro atoms. The van der Waals surface area contributed by atoms with Crippen molar-refractivity contribution in [3.8, 4) is 0 Å². The Bertz CT molecular complexity index is 611. The summed E-state index contributed by atoms with van der Waals surface area (Å²) in [6, 6.07) is 1.82. The van der Waals surface area contributed by atoms with Crippen molar-refractivity contribution in [3.63, 3.8) is 0 Å². The lowest BCUT2D eigenvalue weighted by Crippen LogP contribution is -2.52. The molecule has 0 bridgehead atoms. The molecule has 1 aromatic rings. The Balaban J connectivity index is 1.39. The molecule has 4 rings (SSSR count). The number of likely N-dealkylation sites (tertiary alicyclic amines) is 2. The first-order valence-electron chi connectivity index (χ1n) is 9.21. The van der Waals surface area contributed by atoms with Gasteiger partial charge in [0.1, 0.15) is 6.54 Å². The highest BCUT2D eigenvalue weighted by atomic mass is 16.2. The summed E-state index contributed by atoms with van der Waals surface area (Å²) in [6.07, 6.45) is 10.2. The van der Waals surface area contributed by atoms with Crippen LogP contribution in [0.5, 0.6) is 0 Å². The normalized spacial score (nSPS) is 27.8. The zero-order valence-corrected chi connectivity index (χ0v) is 14.2. The first-order valence-corrected chi connectivity index (χ1v) is 9.21. The van der Waals surface area contributed by atoms with Crippen molar-refractivity contribution < 1.29 is 9.59 Å². The molecule has 0 radical (unpaired) electrons. The van der Waals surface area contributed by atoms with Gasteiger partial charge in [0, 0.05) is 38.6 Å². The predicted molar refractivity (Wildman–Crippen MR) is 89.0 cm³/mol. The maximum atomic E-state index is 13.1. The van der Waals surface area contributed by atoms with Gasteiger partial charge in [0.15, 0.2) is 0 Å². The summed E-state index contributed by atoms with van der Waals surface area (Å²) in [5.74, 6) is 1.08. The molecule has 1 aromatic heterocycles. The number of nitrogens with zero attached hydrogens (tertiary/aromatic N) is 4. The zero-order valence-electron chi connectivity index (χ0n) is 14.2. The molecule has 3 heterocycles. The predicted octanol–water partition coefficient (Wildman–Crippen LogP) is 1.52. The van der Waals surface area contributed by atoms with Crippen molar-refractivity contribution >= 4 is 11.8 Å². The largest absolute Gasteiger partial charge is 0.342 e.